The van der Waals surface area contributed by atoms with E-state index in [9.17, 15) is 4.79 Å². The van der Waals surface area contributed by atoms with E-state index < -0.39 is 0 Å². The van der Waals surface area contributed by atoms with E-state index in [0.717, 1.165) is 32.7 Å². The van der Waals surface area contributed by atoms with Gasteiger partial charge < -0.3 is 10.2 Å². The molecule has 3 rings (SSSR count). The zero-order chi connectivity index (χ0) is 16.8. The lowest BCUT2D eigenvalue weighted by atomic mass is 10.0. The molecule has 1 aliphatic rings. The Morgan fingerprint density at radius 2 is 1.62 bits per heavy atom. The van der Waals surface area contributed by atoms with Crippen LogP contribution in [-0.2, 0) is 11.3 Å². The zero-order valence-corrected chi connectivity index (χ0v) is 14.2. The largest absolute Gasteiger partial charge is 0.339 e. The molecule has 0 saturated carbocycles. The van der Waals surface area contributed by atoms with Crippen LogP contribution in [0.1, 0.15) is 5.56 Å². The summed E-state index contributed by atoms with van der Waals surface area (Å²) in [6.07, 6.45) is 0. The molecule has 1 saturated heterocycles. The van der Waals surface area contributed by atoms with Crippen molar-refractivity contribution < 1.29 is 4.79 Å². The number of carbonyl (C=O) groups is 1. The number of carbonyl (C=O) groups excluding carboxylic acids is 1. The summed E-state index contributed by atoms with van der Waals surface area (Å²) in [6, 6.07) is 19.0. The van der Waals surface area contributed by atoms with Crippen LogP contribution in [0.5, 0.6) is 0 Å². The molecule has 0 spiro atoms. The van der Waals surface area contributed by atoms with Crippen LogP contribution >= 0.6 is 0 Å². The SMILES string of the molecule is CN(CC(=O)N1CCNCC1)Cc1ccc(-c2ccccc2)cc1. The Labute approximate surface area is 144 Å². The first kappa shape index (κ1) is 16.7. The van der Waals surface area contributed by atoms with Crippen LogP contribution in [0.3, 0.4) is 0 Å². The minimum absolute atomic E-state index is 0.222. The van der Waals surface area contributed by atoms with Gasteiger partial charge in [-0.3, -0.25) is 9.69 Å². The molecule has 1 fully saturated rings. The maximum absolute atomic E-state index is 12.3. The van der Waals surface area contributed by atoms with Gasteiger partial charge in [0.1, 0.15) is 0 Å². The first-order valence-electron chi connectivity index (χ1n) is 8.54. The summed E-state index contributed by atoms with van der Waals surface area (Å²) in [5, 5.41) is 3.27. The van der Waals surface area contributed by atoms with Gasteiger partial charge in [0.05, 0.1) is 6.54 Å². The number of nitrogens with zero attached hydrogens (tertiary/aromatic N) is 2. The molecule has 126 valence electrons. The van der Waals surface area contributed by atoms with Crippen molar-refractivity contribution in [2.45, 2.75) is 6.54 Å². The topological polar surface area (TPSA) is 35.6 Å². The van der Waals surface area contributed by atoms with Crippen LogP contribution in [0, 0.1) is 0 Å². The van der Waals surface area contributed by atoms with Crippen molar-refractivity contribution in [3.63, 3.8) is 0 Å². The standard InChI is InChI=1S/C20H25N3O/c1-22(16-20(24)23-13-11-21-12-14-23)15-17-7-9-19(10-8-17)18-5-3-2-4-6-18/h2-10,21H,11-16H2,1H3. The molecule has 1 aliphatic heterocycles. The second kappa shape index (κ2) is 8.08. The number of hydrogen-bond acceptors (Lipinski definition) is 3. The molecule has 2 aromatic carbocycles. The minimum atomic E-state index is 0.222. The highest BCUT2D eigenvalue weighted by Gasteiger charge is 2.17. The zero-order valence-electron chi connectivity index (χ0n) is 14.2. The fourth-order valence-electron chi connectivity index (χ4n) is 3.05. The average Bonchev–Trinajstić information content (AvgIpc) is 2.64. The van der Waals surface area contributed by atoms with Crippen molar-refractivity contribution in [3.8, 4) is 11.1 Å². The van der Waals surface area contributed by atoms with E-state index >= 15 is 0 Å². The highest BCUT2D eigenvalue weighted by Crippen LogP contribution is 2.19. The third-order valence-corrected chi connectivity index (χ3v) is 4.39. The normalized spacial score (nSPS) is 14.8. The molecule has 4 heteroatoms. The first-order valence-corrected chi connectivity index (χ1v) is 8.54. The van der Waals surface area contributed by atoms with Crippen molar-refractivity contribution in [1.82, 2.24) is 15.1 Å². The number of piperazine rings is 1. The molecule has 1 N–H and O–H groups in total. The number of amides is 1. The molecular weight excluding hydrogens is 298 g/mol. The summed E-state index contributed by atoms with van der Waals surface area (Å²) < 4.78 is 0. The lowest BCUT2D eigenvalue weighted by Crippen LogP contribution is -2.49. The Morgan fingerprint density at radius 3 is 2.29 bits per heavy atom. The lowest BCUT2D eigenvalue weighted by molar-refractivity contribution is -0.132. The molecule has 0 bridgehead atoms. The molecule has 1 heterocycles. The van der Waals surface area contributed by atoms with E-state index in [1.54, 1.807) is 0 Å². The summed E-state index contributed by atoms with van der Waals surface area (Å²) in [5.74, 6) is 0.222. The van der Waals surface area contributed by atoms with Gasteiger partial charge in [0.25, 0.3) is 0 Å². The van der Waals surface area contributed by atoms with Crippen molar-refractivity contribution in [1.29, 1.82) is 0 Å². The van der Waals surface area contributed by atoms with Crippen LogP contribution in [0.4, 0.5) is 0 Å². The van der Waals surface area contributed by atoms with Crippen LogP contribution < -0.4 is 5.32 Å². The first-order chi connectivity index (χ1) is 11.7. The van der Waals surface area contributed by atoms with Crippen LogP contribution in [-0.4, -0.2) is 55.5 Å². The Balaban J connectivity index is 1.54. The van der Waals surface area contributed by atoms with Gasteiger partial charge in [0.2, 0.25) is 5.91 Å². The summed E-state index contributed by atoms with van der Waals surface area (Å²) in [4.78, 5) is 16.3. The number of rotatable bonds is 5. The van der Waals surface area contributed by atoms with Gasteiger partial charge in [0.15, 0.2) is 0 Å². The van der Waals surface area contributed by atoms with E-state index in [0.29, 0.717) is 6.54 Å². The van der Waals surface area contributed by atoms with E-state index in [-0.39, 0.29) is 5.91 Å². The molecule has 0 aromatic heterocycles. The highest BCUT2D eigenvalue weighted by atomic mass is 16.2. The van der Waals surface area contributed by atoms with Gasteiger partial charge >= 0.3 is 0 Å². The summed E-state index contributed by atoms with van der Waals surface area (Å²) in [7, 11) is 2.01. The fraction of sp³-hybridized carbons (Fsp3) is 0.350. The van der Waals surface area contributed by atoms with Gasteiger partial charge in [-0.2, -0.15) is 0 Å². The van der Waals surface area contributed by atoms with Crippen LogP contribution in [0.2, 0.25) is 0 Å². The average molecular weight is 323 g/mol. The minimum Gasteiger partial charge on any atom is -0.339 e. The lowest BCUT2D eigenvalue weighted by Gasteiger charge is -2.29. The van der Waals surface area contributed by atoms with Crippen molar-refractivity contribution in [3.05, 3.63) is 60.2 Å². The van der Waals surface area contributed by atoms with Gasteiger partial charge in [-0.05, 0) is 23.7 Å². The Morgan fingerprint density at radius 1 is 1.00 bits per heavy atom. The van der Waals surface area contributed by atoms with E-state index in [1.165, 1.54) is 16.7 Å². The smallest absolute Gasteiger partial charge is 0.236 e. The van der Waals surface area contributed by atoms with Crippen molar-refractivity contribution >= 4 is 5.91 Å². The molecule has 24 heavy (non-hydrogen) atoms. The highest BCUT2D eigenvalue weighted by molar-refractivity contribution is 5.78. The second-order valence-corrected chi connectivity index (χ2v) is 6.37. The van der Waals surface area contributed by atoms with E-state index in [4.69, 9.17) is 0 Å². The quantitative estimate of drug-likeness (QED) is 0.916. The Hall–Kier alpha value is -2.17. The summed E-state index contributed by atoms with van der Waals surface area (Å²) in [6.45, 7) is 4.69. The summed E-state index contributed by atoms with van der Waals surface area (Å²) in [5.41, 5.74) is 3.68. The van der Waals surface area contributed by atoms with Crippen LogP contribution in [0.25, 0.3) is 11.1 Å². The molecule has 0 aliphatic carbocycles. The predicted octanol–water partition coefficient (Wildman–Crippen LogP) is 2.22. The molecule has 0 radical (unpaired) electrons. The van der Waals surface area contributed by atoms with Gasteiger partial charge in [0, 0.05) is 32.7 Å². The molecule has 4 nitrogen and oxygen atoms in total. The molecular formula is C20H25N3O. The second-order valence-electron chi connectivity index (χ2n) is 6.37. The van der Waals surface area contributed by atoms with E-state index in [2.05, 4.69) is 58.7 Å². The van der Waals surface area contributed by atoms with Gasteiger partial charge in [-0.1, -0.05) is 54.6 Å². The monoisotopic (exact) mass is 323 g/mol. The third kappa shape index (κ3) is 4.43. The van der Waals surface area contributed by atoms with Gasteiger partial charge in [-0.25, -0.2) is 0 Å². The maximum atomic E-state index is 12.3. The molecule has 0 unspecified atom stereocenters. The van der Waals surface area contributed by atoms with Gasteiger partial charge in [-0.15, -0.1) is 0 Å². The predicted molar refractivity (Wildman–Crippen MR) is 97.7 cm³/mol. The molecule has 0 atom stereocenters. The molecule has 1 amide bonds. The molecule has 2 aromatic rings. The third-order valence-electron chi connectivity index (χ3n) is 4.39. The van der Waals surface area contributed by atoms with Crippen LogP contribution in [0.15, 0.2) is 54.6 Å². The maximum Gasteiger partial charge on any atom is 0.236 e. The Kier molecular flexibility index (Phi) is 5.62. The summed E-state index contributed by atoms with van der Waals surface area (Å²) >= 11 is 0. The Bertz CT molecular complexity index is 648. The fourth-order valence-corrected chi connectivity index (χ4v) is 3.05. The number of hydrogen-bond donors (Lipinski definition) is 1. The van der Waals surface area contributed by atoms with E-state index in [1.807, 2.05) is 18.0 Å². The van der Waals surface area contributed by atoms with Crippen molar-refractivity contribution in [2.24, 2.45) is 0 Å². The number of benzene rings is 2. The number of likely N-dealkylation sites (N-methyl/N-ethyl adjacent to an activating group) is 1. The van der Waals surface area contributed by atoms with Crippen molar-refractivity contribution in [2.75, 3.05) is 39.8 Å². The number of nitrogens with one attached hydrogen (secondary N) is 1.